The summed E-state index contributed by atoms with van der Waals surface area (Å²) in [5.41, 5.74) is 0.586. The molecule has 0 aliphatic rings. The lowest BCUT2D eigenvalue weighted by molar-refractivity contribution is -0.134. The van der Waals surface area contributed by atoms with E-state index in [2.05, 4.69) is 9.71 Å². The van der Waals surface area contributed by atoms with Crippen LogP contribution in [0.3, 0.4) is 0 Å². The van der Waals surface area contributed by atoms with E-state index in [0.717, 1.165) is 17.0 Å². The lowest BCUT2D eigenvalue weighted by atomic mass is 9.93. The maximum absolute atomic E-state index is 11.3. The second kappa shape index (κ2) is 4.61. The van der Waals surface area contributed by atoms with Gasteiger partial charge in [-0.2, -0.15) is 0 Å². The molecule has 0 aliphatic heterocycles. The normalized spacial score (nSPS) is 12.4. The van der Waals surface area contributed by atoms with Gasteiger partial charge >= 0.3 is 5.97 Å². The van der Waals surface area contributed by atoms with Gasteiger partial charge in [0.05, 0.1) is 5.69 Å². The van der Waals surface area contributed by atoms with Gasteiger partial charge in [0.15, 0.2) is 10.9 Å². The minimum absolute atomic E-state index is 0.174. The highest BCUT2D eigenvalue weighted by Crippen LogP contribution is 2.26. The van der Waals surface area contributed by atoms with Crippen molar-refractivity contribution < 1.29 is 18.3 Å². The first-order valence-electron chi connectivity index (χ1n) is 4.78. The van der Waals surface area contributed by atoms with Crippen molar-refractivity contribution in [3.05, 3.63) is 11.1 Å². The van der Waals surface area contributed by atoms with Gasteiger partial charge in [-0.15, -0.1) is 11.3 Å². The molecule has 2 N–H and O–H groups in total. The molecule has 1 aromatic rings. The topological polar surface area (TPSA) is 96.4 Å². The van der Waals surface area contributed by atoms with Gasteiger partial charge in [0.25, 0.3) is 0 Å². The van der Waals surface area contributed by atoms with E-state index < -0.39 is 21.7 Å². The van der Waals surface area contributed by atoms with Crippen LogP contribution in [0.5, 0.6) is 0 Å². The third-order valence-electron chi connectivity index (χ3n) is 1.83. The lowest BCUT2D eigenvalue weighted by Gasteiger charge is -2.14. The van der Waals surface area contributed by atoms with Crippen LogP contribution in [0.4, 0.5) is 5.13 Å². The molecule has 8 heteroatoms. The summed E-state index contributed by atoms with van der Waals surface area (Å²) >= 11 is 1.14. The third-order valence-corrected chi connectivity index (χ3v) is 3.85. The molecule has 96 valence electrons. The zero-order valence-corrected chi connectivity index (χ0v) is 11.4. The Labute approximate surface area is 104 Å². The van der Waals surface area contributed by atoms with Gasteiger partial charge in [-0.25, -0.2) is 13.4 Å². The van der Waals surface area contributed by atoms with Gasteiger partial charge in [-0.05, 0) is 0 Å². The Morgan fingerprint density at radius 2 is 2.12 bits per heavy atom. The Bertz CT molecular complexity index is 513. The molecule has 1 heterocycles. The summed E-state index contributed by atoms with van der Waals surface area (Å²) in [7, 11) is -3.87. The van der Waals surface area contributed by atoms with E-state index in [0.29, 0.717) is 0 Å². The highest BCUT2D eigenvalue weighted by molar-refractivity contribution is 7.93. The van der Waals surface area contributed by atoms with Gasteiger partial charge in [0.1, 0.15) is 0 Å². The predicted molar refractivity (Wildman–Crippen MR) is 65.9 cm³/mol. The molecule has 0 aliphatic carbocycles. The number of aromatic nitrogens is 1. The van der Waals surface area contributed by atoms with Crippen LogP contribution in [-0.2, 0) is 20.2 Å². The molecule has 0 saturated carbocycles. The van der Waals surface area contributed by atoms with Crippen molar-refractivity contribution in [3.8, 4) is 0 Å². The van der Waals surface area contributed by atoms with Crippen molar-refractivity contribution in [1.82, 2.24) is 4.98 Å². The monoisotopic (exact) mass is 278 g/mol. The Kier molecular flexibility index (Phi) is 3.78. The third kappa shape index (κ3) is 4.31. The quantitative estimate of drug-likeness (QED) is 0.864. The lowest BCUT2D eigenvalue weighted by Crippen LogP contribution is -2.22. The van der Waals surface area contributed by atoms with Gasteiger partial charge in [-0.1, -0.05) is 20.8 Å². The number of thiazole rings is 1. The number of carboxylic acid groups (broad SMARTS) is 1. The second-order valence-electron chi connectivity index (χ2n) is 4.54. The fourth-order valence-electron chi connectivity index (χ4n) is 0.997. The van der Waals surface area contributed by atoms with Gasteiger partial charge in [-0.3, -0.25) is 9.52 Å². The van der Waals surface area contributed by atoms with E-state index >= 15 is 0 Å². The van der Waals surface area contributed by atoms with Crippen LogP contribution >= 0.6 is 11.3 Å². The number of nitrogens with one attached hydrogen (secondary N) is 1. The average molecular weight is 278 g/mol. The number of rotatable bonds is 4. The number of anilines is 1. The van der Waals surface area contributed by atoms with Crippen LogP contribution in [0, 0.1) is 0 Å². The SMILES string of the molecule is CC(C)(C)c1csc(NS(=O)(=O)CC(=O)O)n1. The van der Waals surface area contributed by atoms with E-state index in [9.17, 15) is 13.2 Å². The molecular weight excluding hydrogens is 264 g/mol. The molecule has 0 amide bonds. The average Bonchev–Trinajstić information content (AvgIpc) is 2.47. The van der Waals surface area contributed by atoms with Crippen LogP contribution < -0.4 is 4.72 Å². The van der Waals surface area contributed by atoms with Crippen LogP contribution in [0.1, 0.15) is 26.5 Å². The Hall–Kier alpha value is -1.15. The number of hydrogen-bond donors (Lipinski definition) is 2. The van der Waals surface area contributed by atoms with Crippen molar-refractivity contribution in [1.29, 1.82) is 0 Å². The smallest absolute Gasteiger partial charge is 0.320 e. The summed E-state index contributed by atoms with van der Waals surface area (Å²) in [5, 5.41) is 10.4. The molecule has 0 fully saturated rings. The first-order valence-corrected chi connectivity index (χ1v) is 7.32. The van der Waals surface area contributed by atoms with E-state index in [1.807, 2.05) is 20.8 Å². The maximum atomic E-state index is 11.3. The number of hydrogen-bond acceptors (Lipinski definition) is 5. The number of carbonyl (C=O) groups is 1. The first kappa shape index (κ1) is 13.9. The van der Waals surface area contributed by atoms with E-state index in [1.54, 1.807) is 5.38 Å². The summed E-state index contributed by atoms with van der Waals surface area (Å²) < 4.78 is 24.8. The maximum Gasteiger partial charge on any atom is 0.320 e. The molecular formula is C9H14N2O4S2. The predicted octanol–water partition coefficient (Wildman–Crippen LogP) is 1.27. The van der Waals surface area contributed by atoms with Gasteiger partial charge in [0.2, 0.25) is 10.0 Å². The van der Waals surface area contributed by atoms with Crippen LogP contribution in [0.15, 0.2) is 5.38 Å². The fraction of sp³-hybridized carbons (Fsp3) is 0.556. The van der Waals surface area contributed by atoms with Crippen molar-refractivity contribution in [2.75, 3.05) is 10.5 Å². The van der Waals surface area contributed by atoms with Crippen LogP contribution in [-0.4, -0.2) is 30.2 Å². The number of sulfonamides is 1. The molecule has 17 heavy (non-hydrogen) atoms. The zero-order valence-electron chi connectivity index (χ0n) is 9.72. The standard InChI is InChI=1S/C9H14N2O4S2/c1-9(2,3)6-4-16-8(10-6)11-17(14,15)5-7(12)13/h4H,5H2,1-3H3,(H,10,11)(H,12,13). The van der Waals surface area contributed by atoms with Crippen molar-refractivity contribution >= 4 is 32.5 Å². The minimum atomic E-state index is -3.87. The van der Waals surface area contributed by atoms with Crippen molar-refractivity contribution in [2.45, 2.75) is 26.2 Å². The summed E-state index contributed by atoms with van der Waals surface area (Å²) in [6, 6.07) is 0. The Morgan fingerprint density at radius 3 is 2.53 bits per heavy atom. The summed E-state index contributed by atoms with van der Waals surface area (Å²) in [6.45, 7) is 5.87. The number of nitrogens with zero attached hydrogens (tertiary/aromatic N) is 1. The molecule has 0 atom stereocenters. The van der Waals surface area contributed by atoms with E-state index in [1.165, 1.54) is 0 Å². The zero-order chi connectivity index (χ0) is 13.3. The molecule has 6 nitrogen and oxygen atoms in total. The first-order chi connectivity index (χ1) is 7.60. The molecule has 0 unspecified atom stereocenters. The van der Waals surface area contributed by atoms with Gasteiger partial charge < -0.3 is 5.11 Å². The molecule has 0 saturated heterocycles. The van der Waals surface area contributed by atoms with Crippen molar-refractivity contribution in [2.24, 2.45) is 0 Å². The van der Waals surface area contributed by atoms with E-state index in [-0.39, 0.29) is 10.5 Å². The highest BCUT2D eigenvalue weighted by atomic mass is 32.2. The summed E-state index contributed by atoms with van der Waals surface area (Å²) in [6.07, 6.45) is 0. The highest BCUT2D eigenvalue weighted by Gasteiger charge is 2.21. The fourth-order valence-corrected chi connectivity index (χ4v) is 3.06. The Morgan fingerprint density at radius 1 is 1.53 bits per heavy atom. The van der Waals surface area contributed by atoms with Crippen LogP contribution in [0.2, 0.25) is 0 Å². The second-order valence-corrected chi connectivity index (χ2v) is 7.12. The molecule has 0 spiro atoms. The van der Waals surface area contributed by atoms with Crippen LogP contribution in [0.25, 0.3) is 0 Å². The van der Waals surface area contributed by atoms with Crippen molar-refractivity contribution in [3.63, 3.8) is 0 Å². The summed E-state index contributed by atoms with van der Waals surface area (Å²) in [5.74, 6) is -2.36. The molecule has 0 aromatic carbocycles. The number of aliphatic carboxylic acids is 1. The number of carboxylic acids is 1. The van der Waals surface area contributed by atoms with Gasteiger partial charge in [0, 0.05) is 10.8 Å². The molecule has 0 radical (unpaired) electrons. The Balaban J connectivity index is 2.84. The summed E-state index contributed by atoms with van der Waals surface area (Å²) in [4.78, 5) is 14.4. The minimum Gasteiger partial charge on any atom is -0.480 e. The molecule has 1 rings (SSSR count). The molecule has 1 aromatic heterocycles. The molecule has 0 bridgehead atoms. The largest absolute Gasteiger partial charge is 0.480 e. The van der Waals surface area contributed by atoms with E-state index in [4.69, 9.17) is 5.11 Å².